The molecule has 0 saturated heterocycles. The van der Waals surface area contributed by atoms with Gasteiger partial charge in [-0.1, -0.05) is 11.6 Å². The Hall–Kier alpha value is -2.54. The van der Waals surface area contributed by atoms with Crippen molar-refractivity contribution >= 4 is 34.8 Å². The molecule has 1 aromatic heterocycles. The molecule has 0 unspecified atom stereocenters. The first-order valence-corrected chi connectivity index (χ1v) is 7.77. The zero-order valence-corrected chi connectivity index (χ0v) is 14.3. The zero-order valence-electron chi connectivity index (χ0n) is 13.6. The maximum Gasteiger partial charge on any atom is 0.265 e. The van der Waals surface area contributed by atoms with Crippen LogP contribution in [0.5, 0.6) is 5.75 Å². The van der Waals surface area contributed by atoms with E-state index in [0.29, 0.717) is 22.1 Å². The maximum absolute atomic E-state index is 12.4. The molecule has 0 saturated carbocycles. The summed E-state index contributed by atoms with van der Waals surface area (Å²) >= 11 is 6.00. The first-order chi connectivity index (χ1) is 11.4. The SMILES string of the molecule is Cc1nn(C)c(C)c1NC(=O)CN1C(=O)COc2ccc(Cl)cc21. The van der Waals surface area contributed by atoms with Crippen LogP contribution in [0.2, 0.25) is 5.02 Å². The molecule has 1 aliphatic rings. The monoisotopic (exact) mass is 348 g/mol. The zero-order chi connectivity index (χ0) is 17.4. The Morgan fingerprint density at radius 2 is 2.17 bits per heavy atom. The van der Waals surface area contributed by atoms with E-state index in [4.69, 9.17) is 16.3 Å². The number of halogens is 1. The molecule has 2 aromatic rings. The maximum atomic E-state index is 12.4. The molecule has 8 heteroatoms. The predicted octanol–water partition coefficient (Wildman–Crippen LogP) is 2.05. The minimum atomic E-state index is -0.310. The quantitative estimate of drug-likeness (QED) is 0.921. The average molecular weight is 349 g/mol. The minimum absolute atomic E-state index is 0.104. The summed E-state index contributed by atoms with van der Waals surface area (Å²) in [6.45, 7) is 3.46. The third-order valence-corrected chi connectivity index (χ3v) is 4.17. The van der Waals surface area contributed by atoms with Crippen molar-refractivity contribution in [3.8, 4) is 5.75 Å². The van der Waals surface area contributed by atoms with Crippen LogP contribution in [-0.4, -0.2) is 34.7 Å². The summed E-state index contributed by atoms with van der Waals surface area (Å²) in [6.07, 6.45) is 0. The number of benzene rings is 1. The van der Waals surface area contributed by atoms with Crippen LogP contribution in [0.1, 0.15) is 11.4 Å². The number of nitrogens with one attached hydrogen (secondary N) is 1. The van der Waals surface area contributed by atoms with Crippen molar-refractivity contribution in [3.05, 3.63) is 34.6 Å². The Balaban J connectivity index is 1.82. The topological polar surface area (TPSA) is 76.5 Å². The summed E-state index contributed by atoms with van der Waals surface area (Å²) in [6, 6.07) is 4.98. The number of nitrogens with zero attached hydrogens (tertiary/aromatic N) is 3. The van der Waals surface area contributed by atoms with Crippen LogP contribution < -0.4 is 15.0 Å². The van der Waals surface area contributed by atoms with Crippen LogP contribution in [0.15, 0.2) is 18.2 Å². The van der Waals surface area contributed by atoms with Crippen molar-refractivity contribution in [1.29, 1.82) is 0 Å². The highest BCUT2D eigenvalue weighted by atomic mass is 35.5. The van der Waals surface area contributed by atoms with Crippen LogP contribution in [0.3, 0.4) is 0 Å². The number of fused-ring (bicyclic) bond motifs is 1. The fourth-order valence-electron chi connectivity index (χ4n) is 2.63. The molecule has 1 N–H and O–H groups in total. The number of rotatable bonds is 3. The molecule has 7 nitrogen and oxygen atoms in total. The predicted molar refractivity (Wildman–Crippen MR) is 90.6 cm³/mol. The number of amides is 2. The van der Waals surface area contributed by atoms with E-state index >= 15 is 0 Å². The number of aryl methyl sites for hydroxylation is 2. The second-order valence-corrected chi connectivity index (χ2v) is 6.03. The van der Waals surface area contributed by atoms with E-state index in [-0.39, 0.29) is 25.0 Å². The summed E-state index contributed by atoms with van der Waals surface area (Å²) in [4.78, 5) is 26.0. The number of aromatic nitrogens is 2. The summed E-state index contributed by atoms with van der Waals surface area (Å²) < 4.78 is 7.06. The highest BCUT2D eigenvalue weighted by molar-refractivity contribution is 6.31. The van der Waals surface area contributed by atoms with Gasteiger partial charge in [0.25, 0.3) is 5.91 Å². The number of ether oxygens (including phenoxy) is 1. The average Bonchev–Trinajstić information content (AvgIpc) is 2.77. The van der Waals surface area contributed by atoms with Crippen molar-refractivity contribution in [1.82, 2.24) is 9.78 Å². The Morgan fingerprint density at radius 3 is 2.83 bits per heavy atom. The van der Waals surface area contributed by atoms with Gasteiger partial charge in [-0.3, -0.25) is 19.2 Å². The van der Waals surface area contributed by atoms with E-state index in [1.165, 1.54) is 4.90 Å². The van der Waals surface area contributed by atoms with E-state index in [0.717, 1.165) is 11.4 Å². The second-order valence-electron chi connectivity index (χ2n) is 5.60. The molecule has 0 aliphatic carbocycles. The van der Waals surface area contributed by atoms with Gasteiger partial charge in [0.1, 0.15) is 12.3 Å². The molecule has 1 aromatic carbocycles. The molecule has 3 rings (SSSR count). The molecule has 2 amide bonds. The summed E-state index contributed by atoms with van der Waals surface area (Å²) in [5.74, 6) is -0.0736. The lowest BCUT2D eigenvalue weighted by Crippen LogP contribution is -2.43. The minimum Gasteiger partial charge on any atom is -0.482 e. The number of anilines is 2. The molecular weight excluding hydrogens is 332 g/mol. The Morgan fingerprint density at radius 1 is 1.42 bits per heavy atom. The van der Waals surface area contributed by atoms with Crippen molar-refractivity contribution in [2.24, 2.45) is 7.05 Å². The Kier molecular flexibility index (Phi) is 4.19. The molecule has 0 fully saturated rings. The van der Waals surface area contributed by atoms with E-state index in [1.54, 1.807) is 22.9 Å². The van der Waals surface area contributed by atoms with Crippen molar-refractivity contribution < 1.29 is 14.3 Å². The second kappa shape index (κ2) is 6.16. The molecule has 2 heterocycles. The molecule has 126 valence electrons. The first kappa shape index (κ1) is 16.3. The van der Waals surface area contributed by atoms with Gasteiger partial charge in [0.2, 0.25) is 5.91 Å². The molecule has 1 aliphatic heterocycles. The van der Waals surface area contributed by atoms with Gasteiger partial charge in [-0.05, 0) is 32.0 Å². The van der Waals surface area contributed by atoms with E-state index < -0.39 is 0 Å². The largest absolute Gasteiger partial charge is 0.482 e. The van der Waals surface area contributed by atoms with Crippen LogP contribution in [0, 0.1) is 13.8 Å². The molecule has 0 bridgehead atoms. The third kappa shape index (κ3) is 2.94. The van der Waals surface area contributed by atoms with Gasteiger partial charge in [0, 0.05) is 12.1 Å². The molecule has 0 radical (unpaired) electrons. The van der Waals surface area contributed by atoms with Gasteiger partial charge in [-0.15, -0.1) is 0 Å². The standard InChI is InChI=1S/C16H17ClN4O3/c1-9-16(10(2)20(3)19-9)18-14(22)7-21-12-6-11(17)4-5-13(12)24-8-15(21)23/h4-6H,7-8H2,1-3H3,(H,18,22). The fraction of sp³-hybridized carbons (Fsp3) is 0.312. The lowest BCUT2D eigenvalue weighted by atomic mass is 10.2. The van der Waals surface area contributed by atoms with Gasteiger partial charge < -0.3 is 10.1 Å². The highest BCUT2D eigenvalue weighted by Crippen LogP contribution is 2.34. The van der Waals surface area contributed by atoms with Crippen LogP contribution in [-0.2, 0) is 16.6 Å². The molecule has 0 atom stereocenters. The number of carbonyl (C=O) groups excluding carboxylic acids is 2. The van der Waals surface area contributed by atoms with Crippen molar-refractivity contribution in [2.45, 2.75) is 13.8 Å². The van der Waals surface area contributed by atoms with Crippen LogP contribution >= 0.6 is 11.6 Å². The first-order valence-electron chi connectivity index (χ1n) is 7.39. The lowest BCUT2D eigenvalue weighted by Gasteiger charge is -2.29. The Labute approximate surface area is 144 Å². The van der Waals surface area contributed by atoms with Crippen LogP contribution in [0.25, 0.3) is 0 Å². The molecule has 0 spiro atoms. The van der Waals surface area contributed by atoms with Gasteiger partial charge in [-0.25, -0.2) is 0 Å². The van der Waals surface area contributed by atoms with Crippen molar-refractivity contribution in [2.75, 3.05) is 23.4 Å². The normalized spacial score (nSPS) is 13.5. The smallest absolute Gasteiger partial charge is 0.265 e. The van der Waals surface area contributed by atoms with Gasteiger partial charge >= 0.3 is 0 Å². The lowest BCUT2D eigenvalue weighted by molar-refractivity contribution is -0.123. The fourth-order valence-corrected chi connectivity index (χ4v) is 2.79. The number of carbonyl (C=O) groups is 2. The summed E-state index contributed by atoms with van der Waals surface area (Å²) in [7, 11) is 1.81. The highest BCUT2D eigenvalue weighted by Gasteiger charge is 2.28. The van der Waals surface area contributed by atoms with Crippen LogP contribution in [0.4, 0.5) is 11.4 Å². The van der Waals surface area contributed by atoms with Gasteiger partial charge in [-0.2, -0.15) is 5.10 Å². The van der Waals surface area contributed by atoms with E-state index in [1.807, 2.05) is 20.9 Å². The molecular formula is C16H17ClN4O3. The van der Waals surface area contributed by atoms with Gasteiger partial charge in [0.15, 0.2) is 6.61 Å². The van der Waals surface area contributed by atoms with Crippen molar-refractivity contribution in [3.63, 3.8) is 0 Å². The third-order valence-electron chi connectivity index (χ3n) is 3.94. The summed E-state index contributed by atoms with van der Waals surface area (Å²) in [5.41, 5.74) is 2.72. The number of hydrogen-bond donors (Lipinski definition) is 1. The number of hydrogen-bond acceptors (Lipinski definition) is 4. The summed E-state index contributed by atoms with van der Waals surface area (Å²) in [5, 5.41) is 7.55. The van der Waals surface area contributed by atoms with E-state index in [9.17, 15) is 9.59 Å². The Bertz CT molecular complexity index is 831. The molecule has 24 heavy (non-hydrogen) atoms. The van der Waals surface area contributed by atoms with E-state index in [2.05, 4.69) is 10.4 Å². The van der Waals surface area contributed by atoms with Gasteiger partial charge in [0.05, 0.1) is 22.8 Å².